The zero-order chi connectivity index (χ0) is 20.9. The topological polar surface area (TPSA) is 16.1 Å². The standard InChI is InChI=1S/C27H38N2S/c1-26(2)13-14-27(3,4)23-17-20(9-10-22(23)26)24-18-30-25(28-24)19-11-15-29(16-12-19)21-7-5-6-8-21/h9-10,17-19,21H,5-8,11-16H2,1-4H3. The summed E-state index contributed by atoms with van der Waals surface area (Å²) in [7, 11) is 0. The maximum Gasteiger partial charge on any atom is 0.0964 e. The quantitative estimate of drug-likeness (QED) is 0.516. The van der Waals surface area contributed by atoms with Crippen molar-refractivity contribution in [2.24, 2.45) is 0 Å². The maximum atomic E-state index is 5.16. The van der Waals surface area contributed by atoms with Crippen LogP contribution in [0.5, 0.6) is 0 Å². The molecule has 30 heavy (non-hydrogen) atoms. The second-order valence-electron chi connectivity index (χ2n) is 11.3. The van der Waals surface area contributed by atoms with E-state index in [2.05, 4.69) is 56.2 Å². The Balaban J connectivity index is 1.34. The zero-order valence-corrected chi connectivity index (χ0v) is 20.2. The van der Waals surface area contributed by atoms with Crippen LogP contribution in [-0.2, 0) is 10.8 Å². The lowest BCUT2D eigenvalue weighted by atomic mass is 9.63. The van der Waals surface area contributed by atoms with Crippen LogP contribution in [0.4, 0.5) is 0 Å². The van der Waals surface area contributed by atoms with Crippen molar-refractivity contribution in [3.63, 3.8) is 0 Å². The van der Waals surface area contributed by atoms with Crippen LogP contribution in [0.1, 0.15) is 101 Å². The minimum absolute atomic E-state index is 0.257. The molecule has 2 nitrogen and oxygen atoms in total. The molecule has 1 saturated carbocycles. The van der Waals surface area contributed by atoms with Gasteiger partial charge in [0, 0.05) is 22.9 Å². The van der Waals surface area contributed by atoms with Gasteiger partial charge in [-0.2, -0.15) is 0 Å². The van der Waals surface area contributed by atoms with Crippen molar-refractivity contribution in [2.45, 2.75) is 102 Å². The van der Waals surface area contributed by atoms with Gasteiger partial charge in [0.05, 0.1) is 10.7 Å². The van der Waals surface area contributed by atoms with Crippen LogP contribution in [-0.4, -0.2) is 29.0 Å². The minimum atomic E-state index is 0.257. The summed E-state index contributed by atoms with van der Waals surface area (Å²) in [6.07, 6.45) is 10.8. The molecule has 0 atom stereocenters. The monoisotopic (exact) mass is 422 g/mol. The molecule has 2 aromatic rings. The molecule has 3 heteroatoms. The van der Waals surface area contributed by atoms with Crippen LogP contribution in [0, 0.1) is 0 Å². The van der Waals surface area contributed by atoms with E-state index in [0.717, 1.165) is 6.04 Å². The summed E-state index contributed by atoms with van der Waals surface area (Å²) in [4.78, 5) is 7.93. The van der Waals surface area contributed by atoms with Gasteiger partial charge >= 0.3 is 0 Å². The van der Waals surface area contributed by atoms with Gasteiger partial charge in [-0.1, -0.05) is 52.7 Å². The van der Waals surface area contributed by atoms with Crippen molar-refractivity contribution in [1.82, 2.24) is 9.88 Å². The van der Waals surface area contributed by atoms with Crippen molar-refractivity contribution in [2.75, 3.05) is 13.1 Å². The van der Waals surface area contributed by atoms with Crippen LogP contribution in [0.15, 0.2) is 23.6 Å². The predicted molar refractivity (Wildman–Crippen MR) is 129 cm³/mol. The summed E-state index contributed by atoms with van der Waals surface area (Å²) in [6.45, 7) is 12.2. The largest absolute Gasteiger partial charge is 0.300 e. The van der Waals surface area contributed by atoms with Gasteiger partial charge < -0.3 is 4.90 Å². The minimum Gasteiger partial charge on any atom is -0.300 e. The lowest BCUT2D eigenvalue weighted by Gasteiger charge is -2.42. The van der Waals surface area contributed by atoms with E-state index in [1.165, 1.54) is 91.8 Å². The average molecular weight is 423 g/mol. The molecule has 1 aliphatic heterocycles. The second-order valence-corrected chi connectivity index (χ2v) is 12.2. The van der Waals surface area contributed by atoms with Crippen molar-refractivity contribution >= 4 is 11.3 Å². The first-order chi connectivity index (χ1) is 14.3. The molecule has 5 rings (SSSR count). The SMILES string of the molecule is CC1(C)CCC(C)(C)c2cc(-c3csc(C4CCN(C5CCCC5)CC4)n3)ccc21. The molecule has 2 aliphatic carbocycles. The molecular formula is C27H38N2S. The van der Waals surface area contributed by atoms with Gasteiger partial charge in [-0.15, -0.1) is 11.3 Å². The first kappa shape index (κ1) is 20.7. The number of nitrogens with zero attached hydrogens (tertiary/aromatic N) is 2. The summed E-state index contributed by atoms with van der Waals surface area (Å²) in [5, 5.41) is 3.68. The Morgan fingerprint density at radius 3 is 2.27 bits per heavy atom. The number of hydrogen-bond donors (Lipinski definition) is 0. The summed E-state index contributed by atoms with van der Waals surface area (Å²) < 4.78 is 0. The zero-order valence-electron chi connectivity index (χ0n) is 19.3. The Labute approximate surface area is 187 Å². The summed E-state index contributed by atoms with van der Waals surface area (Å²) in [5.74, 6) is 0.661. The predicted octanol–water partition coefficient (Wildman–Crippen LogP) is 7.28. The smallest absolute Gasteiger partial charge is 0.0964 e. The van der Waals surface area contributed by atoms with Gasteiger partial charge in [-0.3, -0.25) is 0 Å². The molecule has 0 unspecified atom stereocenters. The second kappa shape index (κ2) is 7.74. The van der Waals surface area contributed by atoms with Gasteiger partial charge in [0.1, 0.15) is 0 Å². The molecular weight excluding hydrogens is 384 g/mol. The van der Waals surface area contributed by atoms with Gasteiger partial charge in [0.15, 0.2) is 0 Å². The lowest BCUT2D eigenvalue weighted by Crippen LogP contribution is -2.39. The highest BCUT2D eigenvalue weighted by Crippen LogP contribution is 2.47. The molecule has 0 amide bonds. The molecule has 1 saturated heterocycles. The van der Waals surface area contributed by atoms with Crippen molar-refractivity contribution < 1.29 is 0 Å². The number of benzene rings is 1. The Bertz CT molecular complexity index is 895. The third-order valence-electron chi connectivity index (χ3n) is 8.39. The number of piperidine rings is 1. The molecule has 0 radical (unpaired) electrons. The third-order valence-corrected chi connectivity index (χ3v) is 9.40. The van der Waals surface area contributed by atoms with E-state index in [9.17, 15) is 0 Å². The van der Waals surface area contributed by atoms with E-state index in [-0.39, 0.29) is 10.8 Å². The Kier molecular flexibility index (Phi) is 5.34. The fourth-order valence-electron chi connectivity index (χ4n) is 6.14. The summed E-state index contributed by atoms with van der Waals surface area (Å²) >= 11 is 1.89. The molecule has 0 N–H and O–H groups in total. The van der Waals surface area contributed by atoms with E-state index in [1.807, 2.05) is 11.3 Å². The lowest BCUT2D eigenvalue weighted by molar-refractivity contribution is 0.154. The molecule has 162 valence electrons. The highest BCUT2D eigenvalue weighted by molar-refractivity contribution is 7.10. The molecule has 1 aromatic carbocycles. The fourth-order valence-corrected chi connectivity index (χ4v) is 7.14. The third kappa shape index (κ3) is 3.77. The number of hydrogen-bond acceptors (Lipinski definition) is 3. The van der Waals surface area contributed by atoms with Gasteiger partial charge in [0.2, 0.25) is 0 Å². The molecule has 0 bridgehead atoms. The first-order valence-electron chi connectivity index (χ1n) is 12.2. The Morgan fingerprint density at radius 1 is 0.900 bits per heavy atom. The number of fused-ring (bicyclic) bond motifs is 1. The number of aromatic nitrogens is 1. The number of rotatable bonds is 3. The molecule has 0 spiro atoms. The molecule has 3 aliphatic rings. The fraction of sp³-hybridized carbons (Fsp3) is 0.667. The normalized spacial score (nSPS) is 24.8. The molecule has 1 aromatic heterocycles. The van der Waals surface area contributed by atoms with E-state index < -0.39 is 0 Å². The highest BCUT2D eigenvalue weighted by atomic mass is 32.1. The van der Waals surface area contributed by atoms with Gasteiger partial charge in [-0.05, 0) is 79.6 Å². The average Bonchev–Trinajstić information content (AvgIpc) is 3.44. The van der Waals surface area contributed by atoms with E-state index >= 15 is 0 Å². The van der Waals surface area contributed by atoms with Crippen LogP contribution in [0.3, 0.4) is 0 Å². The van der Waals surface area contributed by atoms with Crippen molar-refractivity contribution in [3.8, 4) is 11.3 Å². The van der Waals surface area contributed by atoms with E-state index in [1.54, 1.807) is 0 Å². The maximum absolute atomic E-state index is 5.16. The van der Waals surface area contributed by atoms with E-state index in [0.29, 0.717) is 5.92 Å². The number of thiazole rings is 1. The van der Waals surface area contributed by atoms with E-state index in [4.69, 9.17) is 4.98 Å². The Morgan fingerprint density at radius 2 is 1.57 bits per heavy atom. The van der Waals surface area contributed by atoms with Gasteiger partial charge in [0.25, 0.3) is 0 Å². The van der Waals surface area contributed by atoms with Crippen LogP contribution in [0.25, 0.3) is 11.3 Å². The van der Waals surface area contributed by atoms with Gasteiger partial charge in [-0.25, -0.2) is 4.98 Å². The van der Waals surface area contributed by atoms with Crippen LogP contribution >= 0.6 is 11.3 Å². The van der Waals surface area contributed by atoms with Crippen molar-refractivity contribution in [3.05, 3.63) is 39.7 Å². The molecule has 2 heterocycles. The van der Waals surface area contributed by atoms with Crippen LogP contribution in [0.2, 0.25) is 0 Å². The number of likely N-dealkylation sites (tertiary alicyclic amines) is 1. The first-order valence-corrected chi connectivity index (χ1v) is 13.1. The van der Waals surface area contributed by atoms with Crippen molar-refractivity contribution in [1.29, 1.82) is 0 Å². The van der Waals surface area contributed by atoms with Crippen LogP contribution < -0.4 is 0 Å². The summed E-state index contributed by atoms with van der Waals surface area (Å²) in [5.41, 5.74) is 6.12. The molecule has 2 fully saturated rings. The Hall–Kier alpha value is -1.19. The highest BCUT2D eigenvalue weighted by Gasteiger charge is 2.37. The summed E-state index contributed by atoms with van der Waals surface area (Å²) in [6, 6.07) is 8.05.